The highest BCUT2D eigenvalue weighted by atomic mass is 16.5. The molecule has 2 N–H and O–H groups in total. The lowest BCUT2D eigenvalue weighted by Crippen LogP contribution is -2.40. The number of fused-ring (bicyclic) bond motifs is 1. The van der Waals surface area contributed by atoms with Crippen LogP contribution in [-0.2, 0) is 0 Å². The van der Waals surface area contributed by atoms with Crippen LogP contribution in [-0.4, -0.2) is 43.7 Å². The van der Waals surface area contributed by atoms with Gasteiger partial charge in [-0.1, -0.05) is 25.1 Å². The fourth-order valence-corrected chi connectivity index (χ4v) is 3.85. The highest BCUT2D eigenvalue weighted by Gasteiger charge is 2.22. The summed E-state index contributed by atoms with van der Waals surface area (Å²) in [4.78, 5) is 14.7. The van der Waals surface area contributed by atoms with Gasteiger partial charge >= 0.3 is 6.03 Å². The molecule has 1 saturated heterocycles. The van der Waals surface area contributed by atoms with Crippen molar-refractivity contribution in [3.8, 4) is 5.75 Å². The number of amides is 2. The van der Waals surface area contributed by atoms with E-state index in [9.17, 15) is 4.79 Å². The lowest BCUT2D eigenvalue weighted by Gasteiger charge is -2.30. The standard InChI is InChI=1S/C20H31N3O2/c1-16-7-6-13-23(15-16)12-5-4-11-21-20(24)22-18-10-14-25-19-9-3-2-8-17(18)19/h2-3,8-9,16,18H,4-7,10-15H2,1H3,(H2,21,22,24)/t16-,18-/m1/s1. The minimum absolute atomic E-state index is 0.0415. The van der Waals surface area contributed by atoms with Gasteiger partial charge in [-0.15, -0.1) is 0 Å². The van der Waals surface area contributed by atoms with Gasteiger partial charge in [-0.2, -0.15) is 0 Å². The molecule has 138 valence electrons. The first-order chi connectivity index (χ1) is 12.2. The Hall–Kier alpha value is -1.75. The molecule has 2 amide bonds. The molecule has 0 unspecified atom stereocenters. The molecule has 0 bridgehead atoms. The molecule has 2 atom stereocenters. The number of para-hydroxylation sites is 1. The molecule has 0 aliphatic carbocycles. The normalized spacial score (nSPS) is 23.4. The zero-order chi connectivity index (χ0) is 17.5. The molecule has 5 heteroatoms. The van der Waals surface area contributed by atoms with E-state index in [1.807, 2.05) is 24.3 Å². The van der Waals surface area contributed by atoms with E-state index in [4.69, 9.17) is 4.74 Å². The topological polar surface area (TPSA) is 53.6 Å². The zero-order valence-corrected chi connectivity index (χ0v) is 15.3. The number of nitrogens with zero attached hydrogens (tertiary/aromatic N) is 1. The maximum atomic E-state index is 12.2. The Bertz CT molecular complexity index is 564. The molecule has 2 aliphatic heterocycles. The molecule has 3 rings (SSSR count). The van der Waals surface area contributed by atoms with Crippen molar-refractivity contribution in [2.24, 2.45) is 5.92 Å². The number of carbonyl (C=O) groups excluding carboxylic acids is 1. The summed E-state index contributed by atoms with van der Waals surface area (Å²) in [5.74, 6) is 1.72. The van der Waals surface area contributed by atoms with Crippen molar-refractivity contribution in [2.75, 3.05) is 32.8 Å². The molecule has 1 fully saturated rings. The van der Waals surface area contributed by atoms with E-state index in [1.165, 1.54) is 25.9 Å². The predicted molar refractivity (Wildman–Crippen MR) is 99.9 cm³/mol. The molecule has 1 aromatic carbocycles. The van der Waals surface area contributed by atoms with Crippen molar-refractivity contribution < 1.29 is 9.53 Å². The lowest BCUT2D eigenvalue weighted by molar-refractivity contribution is 0.181. The third-order valence-corrected chi connectivity index (χ3v) is 5.19. The average Bonchev–Trinajstić information content (AvgIpc) is 2.62. The highest BCUT2D eigenvalue weighted by Crippen LogP contribution is 2.31. The van der Waals surface area contributed by atoms with Crippen LogP contribution in [0.5, 0.6) is 5.75 Å². The van der Waals surface area contributed by atoms with E-state index in [-0.39, 0.29) is 12.1 Å². The summed E-state index contributed by atoms with van der Waals surface area (Å²) in [6.07, 6.45) is 5.69. The van der Waals surface area contributed by atoms with Gasteiger partial charge in [0.1, 0.15) is 5.75 Å². The maximum Gasteiger partial charge on any atom is 0.315 e. The summed E-state index contributed by atoms with van der Waals surface area (Å²) in [7, 11) is 0. The van der Waals surface area contributed by atoms with Crippen LogP contribution in [0.4, 0.5) is 4.79 Å². The highest BCUT2D eigenvalue weighted by molar-refractivity contribution is 5.74. The molecule has 0 saturated carbocycles. The molecular weight excluding hydrogens is 314 g/mol. The van der Waals surface area contributed by atoms with Gasteiger partial charge in [0.15, 0.2) is 0 Å². The van der Waals surface area contributed by atoms with Gasteiger partial charge in [0.05, 0.1) is 12.6 Å². The number of hydrogen-bond acceptors (Lipinski definition) is 3. The second-order valence-electron chi connectivity index (χ2n) is 7.38. The average molecular weight is 345 g/mol. The van der Waals surface area contributed by atoms with Gasteiger partial charge in [-0.25, -0.2) is 4.79 Å². The Balaban J connectivity index is 1.32. The zero-order valence-electron chi connectivity index (χ0n) is 15.3. The molecule has 0 radical (unpaired) electrons. The first-order valence-corrected chi connectivity index (χ1v) is 9.71. The van der Waals surface area contributed by atoms with Crippen LogP contribution in [0, 0.1) is 5.92 Å². The summed E-state index contributed by atoms with van der Waals surface area (Å²) in [5.41, 5.74) is 1.07. The summed E-state index contributed by atoms with van der Waals surface area (Å²) in [5, 5.41) is 6.08. The molecule has 5 nitrogen and oxygen atoms in total. The Morgan fingerprint density at radius 1 is 1.28 bits per heavy atom. The number of likely N-dealkylation sites (tertiary alicyclic amines) is 1. The minimum Gasteiger partial charge on any atom is -0.493 e. The quantitative estimate of drug-likeness (QED) is 0.778. The number of ether oxygens (including phenoxy) is 1. The summed E-state index contributed by atoms with van der Waals surface area (Å²) in [6, 6.07) is 7.90. The molecule has 0 spiro atoms. The van der Waals surface area contributed by atoms with Crippen molar-refractivity contribution in [1.82, 2.24) is 15.5 Å². The number of nitrogens with one attached hydrogen (secondary N) is 2. The van der Waals surface area contributed by atoms with Gasteiger partial charge in [0.25, 0.3) is 0 Å². The van der Waals surface area contributed by atoms with Crippen LogP contribution in [0.1, 0.15) is 50.6 Å². The summed E-state index contributed by atoms with van der Waals surface area (Å²) in [6.45, 7) is 7.35. The number of carbonyl (C=O) groups is 1. The fourth-order valence-electron chi connectivity index (χ4n) is 3.85. The number of piperidine rings is 1. The Morgan fingerprint density at radius 2 is 2.16 bits per heavy atom. The van der Waals surface area contributed by atoms with E-state index < -0.39 is 0 Å². The lowest BCUT2D eigenvalue weighted by atomic mass is 10.0. The second kappa shape index (κ2) is 9.09. The van der Waals surface area contributed by atoms with E-state index in [0.717, 1.165) is 49.6 Å². The minimum atomic E-state index is -0.0757. The number of unbranched alkanes of at least 4 members (excludes halogenated alkanes) is 1. The van der Waals surface area contributed by atoms with Crippen molar-refractivity contribution in [3.63, 3.8) is 0 Å². The van der Waals surface area contributed by atoms with Gasteiger partial charge in [0.2, 0.25) is 0 Å². The van der Waals surface area contributed by atoms with Gasteiger partial charge in [0, 0.05) is 25.1 Å². The summed E-state index contributed by atoms with van der Waals surface area (Å²) >= 11 is 0. The number of hydrogen-bond donors (Lipinski definition) is 2. The van der Waals surface area contributed by atoms with Crippen molar-refractivity contribution in [1.29, 1.82) is 0 Å². The van der Waals surface area contributed by atoms with Crippen molar-refractivity contribution in [2.45, 2.75) is 45.1 Å². The van der Waals surface area contributed by atoms with Crippen LogP contribution in [0.25, 0.3) is 0 Å². The number of benzene rings is 1. The molecular formula is C20H31N3O2. The SMILES string of the molecule is C[C@@H]1CCCN(CCCCNC(=O)N[C@@H]2CCOc3ccccc32)C1. The van der Waals surface area contributed by atoms with E-state index in [0.29, 0.717) is 6.61 Å². The molecule has 1 aromatic rings. The van der Waals surface area contributed by atoms with E-state index >= 15 is 0 Å². The van der Waals surface area contributed by atoms with E-state index in [1.54, 1.807) is 0 Å². The van der Waals surface area contributed by atoms with Crippen LogP contribution in [0.15, 0.2) is 24.3 Å². The third-order valence-electron chi connectivity index (χ3n) is 5.19. The molecule has 2 aliphatic rings. The smallest absolute Gasteiger partial charge is 0.315 e. The molecule has 2 heterocycles. The molecule has 0 aromatic heterocycles. The Kier molecular flexibility index (Phi) is 6.56. The van der Waals surface area contributed by atoms with Crippen LogP contribution in [0.2, 0.25) is 0 Å². The van der Waals surface area contributed by atoms with Crippen LogP contribution in [0.3, 0.4) is 0 Å². The van der Waals surface area contributed by atoms with E-state index in [2.05, 4.69) is 22.5 Å². The number of rotatable bonds is 6. The number of urea groups is 1. The Labute approximate surface area is 151 Å². The van der Waals surface area contributed by atoms with Crippen molar-refractivity contribution in [3.05, 3.63) is 29.8 Å². The van der Waals surface area contributed by atoms with Gasteiger partial charge < -0.3 is 20.3 Å². The monoisotopic (exact) mass is 345 g/mol. The predicted octanol–water partition coefficient (Wildman–Crippen LogP) is 3.32. The first-order valence-electron chi connectivity index (χ1n) is 9.71. The fraction of sp³-hybridized carbons (Fsp3) is 0.650. The second-order valence-corrected chi connectivity index (χ2v) is 7.38. The first kappa shape index (κ1) is 18.1. The maximum absolute atomic E-state index is 12.2. The molecule has 25 heavy (non-hydrogen) atoms. The van der Waals surface area contributed by atoms with Crippen LogP contribution >= 0.6 is 0 Å². The van der Waals surface area contributed by atoms with Crippen LogP contribution < -0.4 is 15.4 Å². The Morgan fingerprint density at radius 3 is 3.04 bits per heavy atom. The van der Waals surface area contributed by atoms with Crippen molar-refractivity contribution >= 4 is 6.03 Å². The third kappa shape index (κ3) is 5.36. The largest absolute Gasteiger partial charge is 0.493 e. The van der Waals surface area contributed by atoms with Gasteiger partial charge in [-0.3, -0.25) is 0 Å². The summed E-state index contributed by atoms with van der Waals surface area (Å²) < 4.78 is 5.64. The van der Waals surface area contributed by atoms with Gasteiger partial charge in [-0.05, 0) is 50.8 Å².